The Kier molecular flexibility index (Phi) is 4.42. The summed E-state index contributed by atoms with van der Waals surface area (Å²) in [6.07, 6.45) is 0. The fourth-order valence-electron chi connectivity index (χ4n) is 2.50. The highest BCUT2D eigenvalue weighted by Gasteiger charge is 2.17. The number of nitrogens with two attached hydrogens (primary N) is 1. The van der Waals surface area contributed by atoms with Crippen molar-refractivity contribution in [3.63, 3.8) is 0 Å². The number of methoxy groups -OCH3 is 1. The predicted molar refractivity (Wildman–Crippen MR) is 95.6 cm³/mol. The van der Waals surface area contributed by atoms with E-state index in [4.69, 9.17) is 22.1 Å². The standard InChI is InChI=1S/C17H17ClN4O2/c1-22(16(23)9-19)15-6-4-11(24-2)8-12(15)17-20-13-5-3-10(18)7-14(13)21-17/h3-8H,9,19H2,1-2H3,(H,20,21). The van der Waals surface area contributed by atoms with Crippen LogP contribution in [-0.2, 0) is 4.79 Å². The monoisotopic (exact) mass is 344 g/mol. The summed E-state index contributed by atoms with van der Waals surface area (Å²) in [5, 5.41) is 0.624. The van der Waals surface area contributed by atoms with E-state index in [1.807, 2.05) is 24.3 Å². The number of aromatic nitrogens is 2. The zero-order valence-corrected chi connectivity index (χ0v) is 14.1. The van der Waals surface area contributed by atoms with Gasteiger partial charge in [-0.25, -0.2) is 4.98 Å². The molecule has 1 heterocycles. The highest BCUT2D eigenvalue weighted by Crippen LogP contribution is 2.33. The SMILES string of the molecule is COc1ccc(N(C)C(=O)CN)c(-c2nc3ccc(Cl)cc3[nH]2)c1. The highest BCUT2D eigenvalue weighted by atomic mass is 35.5. The van der Waals surface area contributed by atoms with Crippen LogP contribution >= 0.6 is 11.6 Å². The van der Waals surface area contributed by atoms with E-state index in [-0.39, 0.29) is 12.5 Å². The summed E-state index contributed by atoms with van der Waals surface area (Å²) < 4.78 is 5.30. The third-order valence-electron chi connectivity index (χ3n) is 3.81. The molecule has 124 valence electrons. The van der Waals surface area contributed by atoms with E-state index in [0.29, 0.717) is 22.3 Å². The molecule has 0 saturated carbocycles. The van der Waals surface area contributed by atoms with Crippen molar-refractivity contribution >= 4 is 34.2 Å². The molecular formula is C17H17ClN4O2. The molecule has 3 aromatic rings. The molecule has 1 amide bonds. The van der Waals surface area contributed by atoms with Gasteiger partial charge < -0.3 is 20.4 Å². The maximum Gasteiger partial charge on any atom is 0.240 e. The molecule has 0 saturated heterocycles. The van der Waals surface area contributed by atoms with Crippen LogP contribution in [0.4, 0.5) is 5.69 Å². The fourth-order valence-corrected chi connectivity index (χ4v) is 2.68. The molecule has 0 fully saturated rings. The molecule has 0 atom stereocenters. The van der Waals surface area contributed by atoms with Crippen molar-refractivity contribution in [1.29, 1.82) is 0 Å². The Morgan fingerprint density at radius 1 is 1.33 bits per heavy atom. The third-order valence-corrected chi connectivity index (χ3v) is 4.05. The summed E-state index contributed by atoms with van der Waals surface area (Å²) in [5.74, 6) is 1.10. The van der Waals surface area contributed by atoms with Crippen LogP contribution in [0.2, 0.25) is 5.02 Å². The molecule has 24 heavy (non-hydrogen) atoms. The summed E-state index contributed by atoms with van der Waals surface area (Å²) in [5.41, 5.74) is 8.52. The van der Waals surface area contributed by atoms with E-state index in [1.165, 1.54) is 4.90 Å². The number of amides is 1. The first-order chi connectivity index (χ1) is 11.5. The van der Waals surface area contributed by atoms with Crippen molar-refractivity contribution in [2.24, 2.45) is 5.73 Å². The second-order valence-corrected chi connectivity index (χ2v) is 5.72. The van der Waals surface area contributed by atoms with Crippen LogP contribution in [0.25, 0.3) is 22.4 Å². The Bertz CT molecular complexity index is 907. The maximum absolute atomic E-state index is 12.0. The van der Waals surface area contributed by atoms with Gasteiger partial charge in [-0.05, 0) is 36.4 Å². The molecular weight excluding hydrogens is 328 g/mol. The summed E-state index contributed by atoms with van der Waals surface area (Å²) in [6.45, 7) is -0.0717. The first kappa shape index (κ1) is 16.3. The first-order valence-corrected chi connectivity index (χ1v) is 7.71. The minimum atomic E-state index is -0.194. The van der Waals surface area contributed by atoms with Crippen LogP contribution in [0.1, 0.15) is 0 Å². The molecule has 3 N–H and O–H groups in total. The lowest BCUT2D eigenvalue weighted by atomic mass is 10.1. The smallest absolute Gasteiger partial charge is 0.240 e. The van der Waals surface area contributed by atoms with Crippen molar-refractivity contribution < 1.29 is 9.53 Å². The van der Waals surface area contributed by atoms with Crippen LogP contribution in [0.15, 0.2) is 36.4 Å². The van der Waals surface area contributed by atoms with Gasteiger partial charge in [-0.2, -0.15) is 0 Å². The number of carbonyl (C=O) groups is 1. The van der Waals surface area contributed by atoms with Gasteiger partial charge in [-0.1, -0.05) is 11.6 Å². The average molecular weight is 345 g/mol. The Labute approximate surface area is 144 Å². The van der Waals surface area contributed by atoms with E-state index in [2.05, 4.69) is 9.97 Å². The van der Waals surface area contributed by atoms with E-state index >= 15 is 0 Å². The zero-order valence-electron chi connectivity index (χ0n) is 13.3. The Morgan fingerprint density at radius 2 is 2.12 bits per heavy atom. The molecule has 0 radical (unpaired) electrons. The molecule has 0 aliphatic carbocycles. The first-order valence-electron chi connectivity index (χ1n) is 7.33. The maximum atomic E-state index is 12.0. The number of likely N-dealkylation sites (N-methyl/N-ethyl adjacent to an activating group) is 1. The number of aromatic amines is 1. The summed E-state index contributed by atoms with van der Waals surface area (Å²) in [7, 11) is 3.27. The van der Waals surface area contributed by atoms with Crippen LogP contribution in [-0.4, -0.2) is 36.6 Å². The van der Waals surface area contributed by atoms with Crippen LogP contribution in [0.3, 0.4) is 0 Å². The third kappa shape index (κ3) is 2.93. The quantitative estimate of drug-likeness (QED) is 0.762. The highest BCUT2D eigenvalue weighted by molar-refractivity contribution is 6.31. The molecule has 7 heteroatoms. The predicted octanol–water partition coefficient (Wildman–Crippen LogP) is 2.81. The lowest BCUT2D eigenvalue weighted by molar-refractivity contribution is -0.117. The fraction of sp³-hybridized carbons (Fsp3) is 0.176. The molecule has 0 spiro atoms. The van der Waals surface area contributed by atoms with Gasteiger partial charge in [0.1, 0.15) is 11.6 Å². The molecule has 0 bridgehead atoms. The number of fused-ring (bicyclic) bond motifs is 1. The van der Waals surface area contributed by atoms with Gasteiger partial charge >= 0.3 is 0 Å². The molecule has 1 aromatic heterocycles. The second kappa shape index (κ2) is 6.51. The van der Waals surface area contributed by atoms with Crippen molar-refractivity contribution in [3.8, 4) is 17.1 Å². The van der Waals surface area contributed by atoms with Crippen LogP contribution in [0.5, 0.6) is 5.75 Å². The number of nitrogens with zero attached hydrogens (tertiary/aromatic N) is 2. The summed E-state index contributed by atoms with van der Waals surface area (Å²) >= 11 is 6.03. The number of imidazole rings is 1. The van der Waals surface area contributed by atoms with Gasteiger partial charge in [0, 0.05) is 17.6 Å². The minimum Gasteiger partial charge on any atom is -0.497 e. The molecule has 6 nitrogen and oxygen atoms in total. The summed E-state index contributed by atoms with van der Waals surface area (Å²) in [6, 6.07) is 10.9. The van der Waals surface area contributed by atoms with E-state index in [9.17, 15) is 4.79 Å². The van der Waals surface area contributed by atoms with Gasteiger partial charge in [0.2, 0.25) is 5.91 Å². The second-order valence-electron chi connectivity index (χ2n) is 5.29. The number of halogens is 1. The minimum absolute atomic E-state index is 0.0717. The van der Waals surface area contributed by atoms with Gasteiger partial charge in [0.05, 0.1) is 30.4 Å². The van der Waals surface area contributed by atoms with E-state index in [1.54, 1.807) is 26.3 Å². The number of benzene rings is 2. The molecule has 3 rings (SSSR count). The molecule has 2 aromatic carbocycles. The Hall–Kier alpha value is -2.57. The Balaban J connectivity index is 2.17. The lowest BCUT2D eigenvalue weighted by Crippen LogP contribution is -2.32. The normalized spacial score (nSPS) is 10.8. The van der Waals surface area contributed by atoms with Gasteiger partial charge in [0.25, 0.3) is 0 Å². The van der Waals surface area contributed by atoms with Crippen molar-refractivity contribution in [1.82, 2.24) is 9.97 Å². The van der Waals surface area contributed by atoms with Crippen molar-refractivity contribution in [2.45, 2.75) is 0 Å². The number of anilines is 1. The van der Waals surface area contributed by atoms with Gasteiger partial charge in [-0.15, -0.1) is 0 Å². The van der Waals surface area contributed by atoms with Crippen molar-refractivity contribution in [3.05, 3.63) is 41.4 Å². The molecule has 0 aliphatic heterocycles. The number of rotatable bonds is 4. The number of H-pyrrole nitrogens is 1. The van der Waals surface area contributed by atoms with Crippen LogP contribution in [0, 0.1) is 0 Å². The number of hydrogen-bond acceptors (Lipinski definition) is 4. The van der Waals surface area contributed by atoms with Crippen molar-refractivity contribution in [2.75, 3.05) is 25.6 Å². The molecule has 0 unspecified atom stereocenters. The van der Waals surface area contributed by atoms with E-state index < -0.39 is 0 Å². The van der Waals surface area contributed by atoms with Crippen LogP contribution < -0.4 is 15.4 Å². The lowest BCUT2D eigenvalue weighted by Gasteiger charge is -2.20. The van der Waals surface area contributed by atoms with Gasteiger partial charge in [-0.3, -0.25) is 4.79 Å². The topological polar surface area (TPSA) is 84.2 Å². The number of ether oxygens (including phenoxy) is 1. The van der Waals surface area contributed by atoms with Gasteiger partial charge in [0.15, 0.2) is 0 Å². The number of nitrogens with one attached hydrogen (secondary N) is 1. The largest absolute Gasteiger partial charge is 0.497 e. The van der Waals surface area contributed by atoms with E-state index in [0.717, 1.165) is 16.6 Å². The zero-order chi connectivity index (χ0) is 17.3. The number of hydrogen-bond donors (Lipinski definition) is 2. The Morgan fingerprint density at radius 3 is 2.83 bits per heavy atom. The average Bonchev–Trinajstić information content (AvgIpc) is 3.02. The summed E-state index contributed by atoms with van der Waals surface area (Å²) in [4.78, 5) is 21.3. The molecule has 0 aliphatic rings. The number of carbonyl (C=O) groups excluding carboxylic acids is 1.